The first-order valence-electron chi connectivity index (χ1n) is 10.4. The van der Waals surface area contributed by atoms with Gasteiger partial charge in [0.15, 0.2) is 5.13 Å². The quantitative estimate of drug-likeness (QED) is 0.665. The van der Waals surface area contributed by atoms with Crippen LogP contribution in [-0.4, -0.2) is 47.1 Å². The predicted octanol–water partition coefficient (Wildman–Crippen LogP) is 3.04. The summed E-state index contributed by atoms with van der Waals surface area (Å²) in [5.74, 6) is 1.45. The Hall–Kier alpha value is -2.97. The van der Waals surface area contributed by atoms with Crippen molar-refractivity contribution in [3.63, 3.8) is 0 Å². The van der Waals surface area contributed by atoms with E-state index in [0.717, 1.165) is 48.8 Å². The number of thiazole rings is 1. The monoisotopic (exact) mass is 436 g/mol. The number of rotatable bonds is 5. The van der Waals surface area contributed by atoms with Gasteiger partial charge in [-0.2, -0.15) is 0 Å². The molecule has 1 aromatic carbocycles. The van der Waals surface area contributed by atoms with Crippen molar-refractivity contribution < 1.29 is 9.53 Å². The SMILES string of the molecule is COc1ccc(-c2csc(NC(=O)CN3C[C@H]4C[C@@H](C3)c3cccc(=O)n3C4)n2)cc1. The van der Waals surface area contributed by atoms with Gasteiger partial charge in [-0.1, -0.05) is 6.07 Å². The number of carbonyl (C=O) groups is 1. The number of aromatic nitrogens is 2. The number of likely N-dealkylation sites (tertiary alicyclic amines) is 1. The Morgan fingerprint density at radius 1 is 1.19 bits per heavy atom. The zero-order valence-corrected chi connectivity index (χ0v) is 18.1. The summed E-state index contributed by atoms with van der Waals surface area (Å²) in [6, 6.07) is 13.2. The van der Waals surface area contributed by atoms with Crippen molar-refractivity contribution in [1.29, 1.82) is 0 Å². The Labute approximate surface area is 184 Å². The van der Waals surface area contributed by atoms with Crippen molar-refractivity contribution >= 4 is 22.4 Å². The van der Waals surface area contributed by atoms with Gasteiger partial charge in [-0.3, -0.25) is 14.5 Å². The van der Waals surface area contributed by atoms with Gasteiger partial charge >= 0.3 is 0 Å². The topological polar surface area (TPSA) is 76.5 Å². The Balaban J connectivity index is 1.22. The van der Waals surface area contributed by atoms with Crippen LogP contribution in [-0.2, 0) is 11.3 Å². The molecule has 1 amide bonds. The van der Waals surface area contributed by atoms with Crippen LogP contribution in [0.15, 0.2) is 52.6 Å². The number of amides is 1. The fourth-order valence-electron chi connectivity index (χ4n) is 4.71. The van der Waals surface area contributed by atoms with Crippen LogP contribution in [0.4, 0.5) is 5.13 Å². The summed E-state index contributed by atoms with van der Waals surface area (Å²) in [7, 11) is 1.64. The Bertz CT molecular complexity index is 1150. The number of benzene rings is 1. The molecule has 2 bridgehead atoms. The van der Waals surface area contributed by atoms with Gasteiger partial charge in [0.05, 0.1) is 19.3 Å². The third-order valence-electron chi connectivity index (χ3n) is 6.06. The van der Waals surface area contributed by atoms with Gasteiger partial charge < -0.3 is 14.6 Å². The van der Waals surface area contributed by atoms with Crippen molar-refractivity contribution in [3.8, 4) is 17.0 Å². The van der Waals surface area contributed by atoms with Gasteiger partial charge in [0.2, 0.25) is 5.91 Å². The van der Waals surface area contributed by atoms with Crippen LogP contribution in [0.1, 0.15) is 18.0 Å². The maximum Gasteiger partial charge on any atom is 0.250 e. The summed E-state index contributed by atoms with van der Waals surface area (Å²) in [5, 5.41) is 5.49. The molecule has 1 saturated heterocycles. The molecule has 0 radical (unpaired) electrons. The van der Waals surface area contributed by atoms with E-state index >= 15 is 0 Å². The van der Waals surface area contributed by atoms with Gasteiger partial charge in [-0.25, -0.2) is 4.98 Å². The molecule has 4 heterocycles. The van der Waals surface area contributed by atoms with Crippen molar-refractivity contribution in [2.24, 2.45) is 5.92 Å². The second kappa shape index (κ2) is 8.28. The summed E-state index contributed by atoms with van der Waals surface area (Å²) in [4.78, 5) is 31.6. The van der Waals surface area contributed by atoms with Gasteiger partial charge in [-0.05, 0) is 42.7 Å². The average molecular weight is 437 g/mol. The highest BCUT2D eigenvalue weighted by atomic mass is 32.1. The van der Waals surface area contributed by atoms with Crippen LogP contribution in [0.3, 0.4) is 0 Å². The van der Waals surface area contributed by atoms with E-state index in [2.05, 4.69) is 15.2 Å². The smallest absolute Gasteiger partial charge is 0.250 e. The van der Waals surface area contributed by atoms with Crippen molar-refractivity contribution in [3.05, 3.63) is 63.9 Å². The molecule has 31 heavy (non-hydrogen) atoms. The minimum Gasteiger partial charge on any atom is -0.497 e. The van der Waals surface area contributed by atoms with Gasteiger partial charge in [0, 0.05) is 48.3 Å². The number of nitrogens with zero attached hydrogens (tertiary/aromatic N) is 3. The maximum absolute atomic E-state index is 12.7. The van der Waals surface area contributed by atoms with Crippen LogP contribution >= 0.6 is 11.3 Å². The number of hydrogen-bond acceptors (Lipinski definition) is 6. The molecule has 2 aliphatic heterocycles. The van der Waals surface area contributed by atoms with Crippen LogP contribution in [0.5, 0.6) is 5.75 Å². The van der Waals surface area contributed by atoms with Gasteiger partial charge in [-0.15, -0.1) is 11.3 Å². The van der Waals surface area contributed by atoms with E-state index in [-0.39, 0.29) is 11.5 Å². The van der Waals surface area contributed by atoms with E-state index in [1.807, 2.05) is 46.3 Å². The molecular weight excluding hydrogens is 412 g/mol. The van der Waals surface area contributed by atoms with Crippen LogP contribution in [0, 0.1) is 5.92 Å². The minimum absolute atomic E-state index is 0.0546. The minimum atomic E-state index is -0.0546. The third-order valence-corrected chi connectivity index (χ3v) is 6.82. The first-order chi connectivity index (χ1) is 15.1. The standard InChI is InChI=1S/C23H24N4O3S/c1-30-18-7-5-16(6-8-18)19-14-31-23(24-19)25-21(28)13-26-10-15-9-17(12-26)20-3-2-4-22(29)27(20)11-15/h2-8,14-15,17H,9-13H2,1H3,(H,24,25,28)/t15-,17+/m1/s1. The first-order valence-corrected chi connectivity index (χ1v) is 11.3. The van der Waals surface area contributed by atoms with E-state index in [1.54, 1.807) is 13.2 Å². The molecule has 3 aromatic rings. The summed E-state index contributed by atoms with van der Waals surface area (Å²) < 4.78 is 7.10. The van der Waals surface area contributed by atoms with E-state index in [4.69, 9.17) is 4.74 Å². The molecular formula is C23H24N4O3S. The normalized spacial score (nSPS) is 20.2. The molecule has 2 atom stereocenters. The number of fused-ring (bicyclic) bond motifs is 4. The fraction of sp³-hybridized carbons (Fsp3) is 0.348. The molecule has 1 fully saturated rings. The number of ether oxygens (including phenoxy) is 1. The second-order valence-corrected chi connectivity index (χ2v) is 9.06. The lowest BCUT2D eigenvalue weighted by molar-refractivity contribution is -0.117. The van der Waals surface area contributed by atoms with Crippen molar-refractivity contribution in [2.45, 2.75) is 18.9 Å². The first kappa shape index (κ1) is 20.0. The Morgan fingerprint density at radius 3 is 2.84 bits per heavy atom. The molecule has 160 valence electrons. The lowest BCUT2D eigenvalue weighted by Gasteiger charge is -2.42. The number of methoxy groups -OCH3 is 1. The molecule has 1 N–H and O–H groups in total. The number of nitrogens with one attached hydrogen (secondary N) is 1. The summed E-state index contributed by atoms with van der Waals surface area (Å²) in [6.07, 6.45) is 1.08. The lowest BCUT2D eigenvalue weighted by atomic mass is 9.83. The summed E-state index contributed by atoms with van der Waals surface area (Å²) in [6.45, 7) is 2.70. The van der Waals surface area contributed by atoms with Crippen LogP contribution < -0.4 is 15.6 Å². The highest BCUT2D eigenvalue weighted by molar-refractivity contribution is 7.14. The largest absolute Gasteiger partial charge is 0.497 e. The summed E-state index contributed by atoms with van der Waals surface area (Å²) in [5.41, 5.74) is 2.99. The molecule has 0 aliphatic carbocycles. The number of pyridine rings is 1. The maximum atomic E-state index is 12.7. The highest BCUT2D eigenvalue weighted by Gasteiger charge is 2.34. The zero-order chi connectivity index (χ0) is 21.4. The highest BCUT2D eigenvalue weighted by Crippen LogP contribution is 2.35. The molecule has 7 nitrogen and oxygen atoms in total. The number of carbonyl (C=O) groups excluding carboxylic acids is 1. The Morgan fingerprint density at radius 2 is 2.03 bits per heavy atom. The molecule has 8 heteroatoms. The van der Waals surface area contributed by atoms with Crippen LogP contribution in [0.25, 0.3) is 11.3 Å². The third kappa shape index (κ3) is 4.13. The average Bonchev–Trinajstić information content (AvgIpc) is 3.23. The van der Waals surface area contributed by atoms with E-state index in [1.165, 1.54) is 11.3 Å². The van der Waals surface area contributed by atoms with E-state index in [9.17, 15) is 9.59 Å². The summed E-state index contributed by atoms with van der Waals surface area (Å²) >= 11 is 1.42. The van der Waals surface area contributed by atoms with Crippen molar-refractivity contribution in [2.75, 3.05) is 32.1 Å². The lowest BCUT2D eigenvalue weighted by Crippen LogP contribution is -2.49. The predicted molar refractivity (Wildman–Crippen MR) is 121 cm³/mol. The Kier molecular flexibility index (Phi) is 5.33. The van der Waals surface area contributed by atoms with Crippen molar-refractivity contribution in [1.82, 2.24) is 14.5 Å². The van der Waals surface area contributed by atoms with Crippen LogP contribution in [0.2, 0.25) is 0 Å². The number of anilines is 1. The van der Waals surface area contributed by atoms with Gasteiger partial charge in [0.1, 0.15) is 5.75 Å². The molecule has 5 rings (SSSR count). The number of hydrogen-bond donors (Lipinski definition) is 1. The molecule has 0 unspecified atom stereocenters. The number of piperidine rings is 1. The molecule has 2 aliphatic rings. The molecule has 2 aromatic heterocycles. The molecule has 0 saturated carbocycles. The zero-order valence-electron chi connectivity index (χ0n) is 17.3. The fourth-order valence-corrected chi connectivity index (χ4v) is 5.45. The van der Waals surface area contributed by atoms with E-state index < -0.39 is 0 Å². The second-order valence-electron chi connectivity index (χ2n) is 8.21. The van der Waals surface area contributed by atoms with E-state index in [0.29, 0.717) is 23.5 Å². The molecule has 0 spiro atoms. The van der Waals surface area contributed by atoms with Gasteiger partial charge in [0.25, 0.3) is 5.56 Å².